The van der Waals surface area contributed by atoms with Crippen LogP contribution in [0.2, 0.25) is 0 Å². The molecule has 1 aromatic heterocycles. The highest BCUT2D eigenvalue weighted by Crippen LogP contribution is 2.32. The van der Waals surface area contributed by atoms with Gasteiger partial charge in [-0.1, -0.05) is 18.2 Å². The van der Waals surface area contributed by atoms with Gasteiger partial charge in [-0.05, 0) is 67.8 Å². The van der Waals surface area contributed by atoms with Crippen LogP contribution in [0.15, 0.2) is 66.9 Å². The second-order valence-corrected chi connectivity index (χ2v) is 10.8. The van der Waals surface area contributed by atoms with Gasteiger partial charge in [-0.2, -0.15) is 5.26 Å². The van der Waals surface area contributed by atoms with Crippen LogP contribution in [0.1, 0.15) is 44.6 Å². The molecule has 44 heavy (non-hydrogen) atoms. The Balaban J connectivity index is 1.34. The third-order valence-corrected chi connectivity index (χ3v) is 7.70. The maximum Gasteiger partial charge on any atom is 0.257 e. The van der Waals surface area contributed by atoms with Gasteiger partial charge in [0.1, 0.15) is 41.5 Å². The SMILES string of the molecule is COc1cc(C)ccc1C(=O)N1CCN(C(Cc2ccc(C#N)c(Oc3cccc(OCCO)c3)c2)c2cnc(C)[nH]2)CC1. The molecule has 4 aromatic rings. The van der Waals surface area contributed by atoms with E-state index < -0.39 is 0 Å². The van der Waals surface area contributed by atoms with Crippen LogP contribution in [-0.4, -0.2) is 77.3 Å². The molecule has 2 N–H and O–H groups in total. The standard InChI is InChI=1S/C34H37N5O5/c1-23-7-10-29(33(17-23)42-3)34(41)39-13-11-38(12-14-39)31(30-22-36-24(2)37-30)18-25-8-9-26(21-35)32(19-25)44-28-6-4-5-27(20-28)43-16-15-40/h4-10,17,19-20,22,31,40H,11-16,18H2,1-3H3,(H,36,37). The monoisotopic (exact) mass is 595 g/mol. The summed E-state index contributed by atoms with van der Waals surface area (Å²) in [5, 5.41) is 18.8. The van der Waals surface area contributed by atoms with Crippen LogP contribution in [-0.2, 0) is 6.42 Å². The quantitative estimate of drug-likeness (QED) is 0.253. The van der Waals surface area contributed by atoms with Crippen LogP contribution in [0, 0.1) is 25.2 Å². The van der Waals surface area contributed by atoms with Crippen LogP contribution in [0.5, 0.6) is 23.0 Å². The molecule has 1 aliphatic rings. The van der Waals surface area contributed by atoms with Gasteiger partial charge in [0.15, 0.2) is 0 Å². The molecule has 1 unspecified atom stereocenters. The first-order valence-corrected chi connectivity index (χ1v) is 14.6. The molecule has 228 valence electrons. The number of nitrogens with zero attached hydrogens (tertiary/aromatic N) is 4. The highest BCUT2D eigenvalue weighted by atomic mass is 16.5. The minimum absolute atomic E-state index is 0.0293. The first kappa shape index (κ1) is 30.6. The van der Waals surface area contributed by atoms with Gasteiger partial charge in [0.25, 0.3) is 5.91 Å². The molecular formula is C34H37N5O5. The molecule has 0 radical (unpaired) electrons. The number of aliphatic hydroxyl groups is 1. The van der Waals surface area contributed by atoms with Crippen molar-refractivity contribution in [2.45, 2.75) is 26.3 Å². The highest BCUT2D eigenvalue weighted by Gasteiger charge is 2.30. The van der Waals surface area contributed by atoms with Crippen LogP contribution < -0.4 is 14.2 Å². The number of ether oxygens (including phenoxy) is 3. The maximum absolute atomic E-state index is 13.4. The average Bonchev–Trinajstić information content (AvgIpc) is 3.48. The topological polar surface area (TPSA) is 124 Å². The number of aromatic amines is 1. The number of piperazine rings is 1. The zero-order valence-corrected chi connectivity index (χ0v) is 25.2. The normalized spacial score (nSPS) is 14.1. The molecule has 1 aliphatic heterocycles. The lowest BCUT2D eigenvalue weighted by Crippen LogP contribution is -2.50. The van der Waals surface area contributed by atoms with Crippen molar-refractivity contribution in [3.05, 3.63) is 101 Å². The zero-order chi connectivity index (χ0) is 31.1. The van der Waals surface area contributed by atoms with Crippen LogP contribution in [0.25, 0.3) is 0 Å². The Labute approximate surface area is 257 Å². The highest BCUT2D eigenvalue weighted by molar-refractivity contribution is 5.97. The third-order valence-electron chi connectivity index (χ3n) is 7.70. The van der Waals surface area contributed by atoms with Gasteiger partial charge in [-0.15, -0.1) is 0 Å². The fourth-order valence-corrected chi connectivity index (χ4v) is 5.44. The van der Waals surface area contributed by atoms with E-state index in [9.17, 15) is 10.1 Å². The lowest BCUT2D eigenvalue weighted by molar-refractivity contribution is 0.0560. The summed E-state index contributed by atoms with van der Waals surface area (Å²) < 4.78 is 17.2. The summed E-state index contributed by atoms with van der Waals surface area (Å²) in [5.41, 5.74) is 4.01. The van der Waals surface area contributed by atoms with Crippen molar-refractivity contribution < 1.29 is 24.1 Å². The molecule has 0 saturated carbocycles. The minimum atomic E-state index is -0.0877. The molecular weight excluding hydrogens is 558 g/mol. The molecule has 1 atom stereocenters. The fourth-order valence-electron chi connectivity index (χ4n) is 5.44. The average molecular weight is 596 g/mol. The lowest BCUT2D eigenvalue weighted by Gasteiger charge is -2.39. The summed E-state index contributed by atoms with van der Waals surface area (Å²) in [6.45, 7) is 6.52. The number of carbonyl (C=O) groups excluding carboxylic acids is 1. The number of amides is 1. The van der Waals surface area contributed by atoms with Gasteiger partial charge in [0, 0.05) is 38.4 Å². The zero-order valence-electron chi connectivity index (χ0n) is 25.2. The maximum atomic E-state index is 13.4. The molecule has 10 heteroatoms. The van der Waals surface area contributed by atoms with Gasteiger partial charge in [-0.25, -0.2) is 4.98 Å². The summed E-state index contributed by atoms with van der Waals surface area (Å²) in [6.07, 6.45) is 2.51. The number of imidazole rings is 1. The summed E-state index contributed by atoms with van der Waals surface area (Å²) in [4.78, 5) is 25.5. The molecule has 0 bridgehead atoms. The summed E-state index contributed by atoms with van der Waals surface area (Å²) in [7, 11) is 1.59. The number of aromatic nitrogens is 2. The van der Waals surface area contributed by atoms with Crippen LogP contribution in [0.3, 0.4) is 0 Å². The number of hydrogen-bond donors (Lipinski definition) is 2. The van der Waals surface area contributed by atoms with Crippen molar-refractivity contribution in [3.8, 4) is 29.1 Å². The van der Waals surface area contributed by atoms with E-state index in [1.54, 1.807) is 37.4 Å². The second-order valence-electron chi connectivity index (χ2n) is 10.8. The number of aryl methyl sites for hydroxylation is 2. The van der Waals surface area contributed by atoms with E-state index in [-0.39, 0.29) is 25.2 Å². The molecule has 1 fully saturated rings. The van der Waals surface area contributed by atoms with Gasteiger partial charge >= 0.3 is 0 Å². The van der Waals surface area contributed by atoms with E-state index in [4.69, 9.17) is 19.3 Å². The van der Waals surface area contributed by atoms with Crippen molar-refractivity contribution in [2.24, 2.45) is 0 Å². The van der Waals surface area contributed by atoms with Crippen molar-refractivity contribution >= 4 is 5.91 Å². The predicted molar refractivity (Wildman–Crippen MR) is 165 cm³/mol. The number of carbonyl (C=O) groups is 1. The largest absolute Gasteiger partial charge is 0.496 e. The van der Waals surface area contributed by atoms with E-state index in [1.807, 2.05) is 55.3 Å². The molecule has 3 aromatic carbocycles. The number of aliphatic hydroxyl groups excluding tert-OH is 1. The van der Waals surface area contributed by atoms with Crippen molar-refractivity contribution in [1.29, 1.82) is 5.26 Å². The number of nitriles is 1. The Morgan fingerprint density at radius 1 is 1.05 bits per heavy atom. The summed E-state index contributed by atoms with van der Waals surface area (Å²) in [5.74, 6) is 2.94. The molecule has 5 rings (SSSR count). The van der Waals surface area contributed by atoms with Crippen LogP contribution in [0.4, 0.5) is 0 Å². The predicted octanol–water partition coefficient (Wildman–Crippen LogP) is 4.81. The Bertz CT molecular complexity index is 1640. The van der Waals surface area contributed by atoms with Gasteiger partial charge in [-0.3, -0.25) is 9.69 Å². The van der Waals surface area contributed by atoms with E-state index in [0.29, 0.717) is 66.7 Å². The second kappa shape index (κ2) is 14.1. The third kappa shape index (κ3) is 7.19. The van der Waals surface area contributed by atoms with E-state index >= 15 is 0 Å². The molecule has 10 nitrogen and oxygen atoms in total. The fraction of sp³-hybridized carbons (Fsp3) is 0.324. The Hall–Kier alpha value is -4.85. The smallest absolute Gasteiger partial charge is 0.257 e. The summed E-state index contributed by atoms with van der Waals surface area (Å²) >= 11 is 0. The minimum Gasteiger partial charge on any atom is -0.496 e. The number of hydrogen-bond acceptors (Lipinski definition) is 8. The van der Waals surface area contributed by atoms with Crippen LogP contribution >= 0.6 is 0 Å². The molecule has 2 heterocycles. The lowest BCUT2D eigenvalue weighted by atomic mass is 9.99. The molecule has 1 saturated heterocycles. The number of benzene rings is 3. The van der Waals surface area contributed by atoms with E-state index in [0.717, 1.165) is 22.6 Å². The first-order chi connectivity index (χ1) is 21.4. The summed E-state index contributed by atoms with van der Waals surface area (Å²) in [6, 6.07) is 20.6. The van der Waals surface area contributed by atoms with Crippen molar-refractivity contribution in [2.75, 3.05) is 46.5 Å². The molecule has 0 aliphatic carbocycles. The molecule has 1 amide bonds. The van der Waals surface area contributed by atoms with Crippen molar-refractivity contribution in [3.63, 3.8) is 0 Å². The van der Waals surface area contributed by atoms with E-state index in [2.05, 4.69) is 20.9 Å². The van der Waals surface area contributed by atoms with Gasteiger partial charge < -0.3 is 29.2 Å². The van der Waals surface area contributed by atoms with Crippen molar-refractivity contribution in [1.82, 2.24) is 19.8 Å². The Kier molecular flexibility index (Phi) is 9.79. The number of nitrogens with one attached hydrogen (secondary N) is 1. The van der Waals surface area contributed by atoms with Gasteiger partial charge in [0.2, 0.25) is 0 Å². The number of H-pyrrole nitrogens is 1. The number of rotatable bonds is 11. The molecule has 0 spiro atoms. The van der Waals surface area contributed by atoms with E-state index in [1.165, 1.54) is 0 Å². The Morgan fingerprint density at radius 2 is 1.84 bits per heavy atom. The number of methoxy groups -OCH3 is 1. The first-order valence-electron chi connectivity index (χ1n) is 14.6. The van der Waals surface area contributed by atoms with Gasteiger partial charge in [0.05, 0.1) is 36.6 Å². The Morgan fingerprint density at radius 3 is 2.55 bits per heavy atom.